The van der Waals surface area contributed by atoms with Gasteiger partial charge in [0.05, 0.1) is 6.04 Å². The third-order valence-electron chi connectivity index (χ3n) is 3.58. The van der Waals surface area contributed by atoms with Crippen LogP contribution in [0.15, 0.2) is 24.3 Å². The highest BCUT2D eigenvalue weighted by Crippen LogP contribution is 2.22. The second-order valence-corrected chi connectivity index (χ2v) is 4.97. The number of phenols is 1. The van der Waals surface area contributed by atoms with E-state index in [9.17, 15) is 9.90 Å². The fraction of sp³-hybridized carbons (Fsp3) is 0.500. The van der Waals surface area contributed by atoms with Gasteiger partial charge in [-0.2, -0.15) is 0 Å². The first kappa shape index (κ1) is 12.9. The number of benzene rings is 1. The molecular weight excluding hydrogens is 228 g/mol. The van der Waals surface area contributed by atoms with E-state index in [-0.39, 0.29) is 17.7 Å². The molecule has 2 atom stereocenters. The highest BCUT2D eigenvalue weighted by atomic mass is 16.3. The highest BCUT2D eigenvalue weighted by Gasteiger charge is 2.30. The van der Waals surface area contributed by atoms with Crippen LogP contribution in [0.25, 0.3) is 0 Å². The maximum absolute atomic E-state index is 12.4. The minimum Gasteiger partial charge on any atom is -0.508 e. The lowest BCUT2D eigenvalue weighted by atomic mass is 9.92. The van der Waals surface area contributed by atoms with Gasteiger partial charge in [-0.3, -0.25) is 4.79 Å². The van der Waals surface area contributed by atoms with Crippen LogP contribution in [0.1, 0.15) is 19.8 Å². The Balaban J connectivity index is 2.13. The Labute approximate surface area is 108 Å². The van der Waals surface area contributed by atoms with Crippen molar-refractivity contribution in [2.24, 2.45) is 5.92 Å². The lowest BCUT2D eigenvalue weighted by Gasteiger charge is -2.32. The Morgan fingerprint density at radius 2 is 2.28 bits per heavy atom. The summed E-state index contributed by atoms with van der Waals surface area (Å²) in [4.78, 5) is 14.0. The van der Waals surface area contributed by atoms with Gasteiger partial charge in [-0.15, -0.1) is 0 Å². The van der Waals surface area contributed by atoms with Crippen LogP contribution in [-0.2, 0) is 4.79 Å². The molecule has 98 valence electrons. The van der Waals surface area contributed by atoms with E-state index >= 15 is 0 Å². The van der Waals surface area contributed by atoms with Crippen LogP contribution in [0.4, 0.5) is 5.69 Å². The summed E-state index contributed by atoms with van der Waals surface area (Å²) in [5.41, 5.74) is 0.722. The van der Waals surface area contributed by atoms with Crippen molar-refractivity contribution in [1.29, 1.82) is 0 Å². The minimum absolute atomic E-state index is 0.0628. The predicted molar refractivity (Wildman–Crippen MR) is 71.7 cm³/mol. The SMILES string of the molecule is CC1CCCNC1C(=O)N(C)c1cccc(O)c1. The van der Waals surface area contributed by atoms with Gasteiger partial charge in [0.2, 0.25) is 5.91 Å². The number of hydrogen-bond acceptors (Lipinski definition) is 3. The average Bonchev–Trinajstić information content (AvgIpc) is 2.37. The molecule has 18 heavy (non-hydrogen) atoms. The number of nitrogens with zero attached hydrogens (tertiary/aromatic N) is 1. The van der Waals surface area contributed by atoms with Crippen molar-refractivity contribution in [3.8, 4) is 5.75 Å². The number of nitrogens with one attached hydrogen (secondary N) is 1. The molecule has 2 unspecified atom stereocenters. The Hall–Kier alpha value is -1.55. The van der Waals surface area contributed by atoms with Gasteiger partial charge in [-0.1, -0.05) is 13.0 Å². The summed E-state index contributed by atoms with van der Waals surface area (Å²) in [6.45, 7) is 3.00. The third kappa shape index (κ3) is 2.64. The second-order valence-electron chi connectivity index (χ2n) is 4.97. The van der Waals surface area contributed by atoms with E-state index in [1.807, 2.05) is 6.07 Å². The van der Waals surface area contributed by atoms with E-state index in [1.165, 1.54) is 0 Å². The van der Waals surface area contributed by atoms with Crippen molar-refractivity contribution in [3.63, 3.8) is 0 Å². The molecule has 1 aliphatic rings. The number of amides is 1. The van der Waals surface area contributed by atoms with Gasteiger partial charge in [-0.25, -0.2) is 0 Å². The number of rotatable bonds is 2. The Bertz CT molecular complexity index is 434. The molecule has 0 aliphatic carbocycles. The van der Waals surface area contributed by atoms with E-state index in [0.29, 0.717) is 5.92 Å². The van der Waals surface area contributed by atoms with Crippen LogP contribution in [0.5, 0.6) is 5.75 Å². The number of likely N-dealkylation sites (N-methyl/N-ethyl adjacent to an activating group) is 1. The summed E-state index contributed by atoms with van der Waals surface area (Å²) in [5, 5.41) is 12.7. The Kier molecular flexibility index (Phi) is 3.87. The first-order valence-corrected chi connectivity index (χ1v) is 6.39. The van der Waals surface area contributed by atoms with E-state index < -0.39 is 0 Å². The molecule has 1 aromatic carbocycles. The lowest BCUT2D eigenvalue weighted by molar-refractivity contribution is -0.121. The molecule has 0 aromatic heterocycles. The zero-order chi connectivity index (χ0) is 13.1. The summed E-state index contributed by atoms with van der Waals surface area (Å²) in [6.07, 6.45) is 2.21. The zero-order valence-electron chi connectivity index (χ0n) is 10.9. The molecule has 1 amide bonds. The molecule has 4 heteroatoms. The topological polar surface area (TPSA) is 52.6 Å². The largest absolute Gasteiger partial charge is 0.508 e. The molecule has 0 bridgehead atoms. The van der Waals surface area contributed by atoms with Crippen LogP contribution in [0.2, 0.25) is 0 Å². The summed E-state index contributed by atoms with van der Waals surface area (Å²) in [5.74, 6) is 0.593. The molecule has 4 nitrogen and oxygen atoms in total. The smallest absolute Gasteiger partial charge is 0.244 e. The molecule has 0 radical (unpaired) electrons. The van der Waals surface area contributed by atoms with E-state index in [0.717, 1.165) is 25.1 Å². The van der Waals surface area contributed by atoms with Crippen molar-refractivity contribution in [3.05, 3.63) is 24.3 Å². The lowest BCUT2D eigenvalue weighted by Crippen LogP contribution is -2.51. The normalized spacial score (nSPS) is 23.7. The van der Waals surface area contributed by atoms with Gasteiger partial charge in [0.25, 0.3) is 0 Å². The van der Waals surface area contributed by atoms with Crippen LogP contribution in [-0.4, -0.2) is 30.6 Å². The first-order valence-electron chi connectivity index (χ1n) is 6.39. The minimum atomic E-state index is -0.119. The van der Waals surface area contributed by atoms with Crippen LogP contribution >= 0.6 is 0 Å². The van der Waals surface area contributed by atoms with Gasteiger partial charge in [0.15, 0.2) is 0 Å². The summed E-state index contributed by atoms with van der Waals surface area (Å²) >= 11 is 0. The molecule has 1 heterocycles. The highest BCUT2D eigenvalue weighted by molar-refractivity contribution is 5.97. The monoisotopic (exact) mass is 248 g/mol. The van der Waals surface area contributed by atoms with Gasteiger partial charge >= 0.3 is 0 Å². The van der Waals surface area contributed by atoms with E-state index in [4.69, 9.17) is 0 Å². The molecule has 1 saturated heterocycles. The number of carbonyl (C=O) groups excluding carboxylic acids is 1. The summed E-state index contributed by atoms with van der Waals surface area (Å²) in [6, 6.07) is 6.65. The fourth-order valence-corrected chi connectivity index (χ4v) is 2.42. The Morgan fingerprint density at radius 3 is 2.94 bits per heavy atom. The number of anilines is 1. The van der Waals surface area contributed by atoms with Gasteiger partial charge in [-0.05, 0) is 37.4 Å². The second kappa shape index (κ2) is 5.40. The summed E-state index contributed by atoms with van der Waals surface area (Å²) < 4.78 is 0. The summed E-state index contributed by atoms with van der Waals surface area (Å²) in [7, 11) is 1.75. The molecule has 0 saturated carbocycles. The van der Waals surface area contributed by atoms with Crippen molar-refractivity contribution < 1.29 is 9.90 Å². The molecule has 0 spiro atoms. The standard InChI is InChI=1S/C14H20N2O2/c1-10-5-4-8-15-13(10)14(18)16(2)11-6-3-7-12(17)9-11/h3,6-7,9-10,13,15,17H,4-5,8H2,1-2H3. The number of hydrogen-bond donors (Lipinski definition) is 2. The first-order chi connectivity index (χ1) is 8.59. The molecule has 1 aliphatic heterocycles. The van der Waals surface area contributed by atoms with Crippen molar-refractivity contribution in [2.75, 3.05) is 18.5 Å². The van der Waals surface area contributed by atoms with Gasteiger partial charge < -0.3 is 15.3 Å². The van der Waals surface area contributed by atoms with Crippen LogP contribution in [0.3, 0.4) is 0 Å². The van der Waals surface area contributed by atoms with Crippen LogP contribution in [0, 0.1) is 5.92 Å². The number of piperidine rings is 1. The van der Waals surface area contributed by atoms with Gasteiger partial charge in [0.1, 0.15) is 5.75 Å². The van der Waals surface area contributed by atoms with E-state index in [1.54, 1.807) is 30.1 Å². The van der Waals surface area contributed by atoms with Crippen molar-refractivity contribution in [1.82, 2.24) is 5.32 Å². The number of aromatic hydroxyl groups is 1. The predicted octanol–water partition coefficient (Wildman–Crippen LogP) is 1.74. The number of phenolic OH excluding ortho intramolecular Hbond substituents is 1. The van der Waals surface area contributed by atoms with Crippen molar-refractivity contribution >= 4 is 11.6 Å². The third-order valence-corrected chi connectivity index (χ3v) is 3.58. The van der Waals surface area contributed by atoms with Crippen LogP contribution < -0.4 is 10.2 Å². The quantitative estimate of drug-likeness (QED) is 0.838. The number of carbonyl (C=O) groups is 1. The molecule has 2 N–H and O–H groups in total. The van der Waals surface area contributed by atoms with E-state index in [2.05, 4.69) is 12.2 Å². The maximum atomic E-state index is 12.4. The van der Waals surface area contributed by atoms with Crippen molar-refractivity contribution in [2.45, 2.75) is 25.8 Å². The Morgan fingerprint density at radius 1 is 1.50 bits per heavy atom. The van der Waals surface area contributed by atoms with Gasteiger partial charge in [0, 0.05) is 18.8 Å². The maximum Gasteiger partial charge on any atom is 0.244 e. The molecule has 1 aromatic rings. The molecule has 1 fully saturated rings. The fourth-order valence-electron chi connectivity index (χ4n) is 2.42. The molecular formula is C14H20N2O2. The average molecular weight is 248 g/mol. The zero-order valence-corrected chi connectivity index (χ0v) is 10.9. The molecule has 2 rings (SSSR count).